The van der Waals surface area contributed by atoms with E-state index < -0.39 is 11.9 Å². The van der Waals surface area contributed by atoms with Gasteiger partial charge in [0.2, 0.25) is 0 Å². The summed E-state index contributed by atoms with van der Waals surface area (Å²) in [4.78, 5) is 0. The van der Waals surface area contributed by atoms with Gasteiger partial charge < -0.3 is 10.5 Å². The van der Waals surface area contributed by atoms with Gasteiger partial charge in [0.15, 0.2) is 11.6 Å². The minimum atomic E-state index is -0.417. The summed E-state index contributed by atoms with van der Waals surface area (Å²) in [5.41, 5.74) is 6.87. The molecule has 0 radical (unpaired) electrons. The summed E-state index contributed by atoms with van der Waals surface area (Å²) in [6.07, 6.45) is -0.414. The molecule has 106 valence electrons. The molecule has 5 heteroatoms. The number of benzene rings is 2. The molecule has 0 fully saturated rings. The van der Waals surface area contributed by atoms with Gasteiger partial charge in [-0.25, -0.2) is 4.39 Å². The average Bonchev–Trinajstić information content (AvgIpc) is 2.37. The van der Waals surface area contributed by atoms with Gasteiger partial charge in [-0.15, -0.1) is 0 Å². The third-order valence-corrected chi connectivity index (χ3v) is 3.79. The Bertz CT molecular complexity index is 604. The van der Waals surface area contributed by atoms with Gasteiger partial charge in [0.1, 0.15) is 6.10 Å². The molecule has 0 aliphatic heterocycles. The van der Waals surface area contributed by atoms with E-state index in [1.165, 1.54) is 6.07 Å². The van der Waals surface area contributed by atoms with Crippen LogP contribution < -0.4 is 10.5 Å². The fourth-order valence-corrected chi connectivity index (χ4v) is 2.62. The highest BCUT2D eigenvalue weighted by atomic mass is 79.9. The second-order valence-corrected chi connectivity index (χ2v) is 6.36. The maximum Gasteiger partial charge on any atom is 0.166 e. The Hall–Kier alpha value is -0.910. The second-order valence-electron chi connectivity index (χ2n) is 4.53. The number of hydrogen-bond acceptors (Lipinski definition) is 2. The average molecular weight is 403 g/mol. The molecule has 0 saturated heterocycles. The molecule has 2 unspecified atom stereocenters. The van der Waals surface area contributed by atoms with Crippen LogP contribution in [0.3, 0.4) is 0 Å². The molecular weight excluding hydrogens is 389 g/mol. The molecule has 0 aromatic heterocycles. The van der Waals surface area contributed by atoms with E-state index >= 15 is 0 Å². The molecule has 2 rings (SSSR count). The minimum absolute atomic E-state index is 0.190. The maximum absolute atomic E-state index is 13.9. The summed E-state index contributed by atoms with van der Waals surface area (Å²) in [5, 5.41) is 0. The van der Waals surface area contributed by atoms with Gasteiger partial charge in [-0.1, -0.05) is 44.0 Å². The smallest absolute Gasteiger partial charge is 0.166 e. The molecule has 2 N–H and O–H groups in total. The highest BCUT2D eigenvalue weighted by Gasteiger charge is 2.20. The van der Waals surface area contributed by atoms with Gasteiger partial charge in [0, 0.05) is 15.0 Å². The molecule has 0 heterocycles. The normalized spacial score (nSPS) is 13.8. The van der Waals surface area contributed by atoms with Crippen LogP contribution in [0.2, 0.25) is 0 Å². The van der Waals surface area contributed by atoms with Crippen molar-refractivity contribution in [3.05, 3.63) is 62.8 Å². The van der Waals surface area contributed by atoms with E-state index in [9.17, 15) is 4.39 Å². The topological polar surface area (TPSA) is 35.2 Å². The zero-order valence-electron chi connectivity index (χ0n) is 10.8. The number of ether oxygens (including phenoxy) is 1. The predicted molar refractivity (Wildman–Crippen MR) is 85.3 cm³/mol. The first-order valence-electron chi connectivity index (χ1n) is 6.10. The molecule has 0 bridgehead atoms. The van der Waals surface area contributed by atoms with Gasteiger partial charge in [-0.2, -0.15) is 0 Å². The van der Waals surface area contributed by atoms with Crippen LogP contribution >= 0.6 is 31.9 Å². The van der Waals surface area contributed by atoms with E-state index in [1.807, 2.05) is 31.2 Å². The monoisotopic (exact) mass is 401 g/mol. The Morgan fingerprint density at radius 3 is 2.40 bits per heavy atom. The first-order chi connectivity index (χ1) is 9.47. The summed E-state index contributed by atoms with van der Waals surface area (Å²) < 4.78 is 21.2. The van der Waals surface area contributed by atoms with E-state index in [4.69, 9.17) is 10.5 Å². The van der Waals surface area contributed by atoms with E-state index in [1.54, 1.807) is 12.1 Å². The predicted octanol–water partition coefficient (Wildman–Crippen LogP) is 4.82. The highest BCUT2D eigenvalue weighted by molar-refractivity contribution is 9.10. The Morgan fingerprint density at radius 2 is 1.80 bits per heavy atom. The standard InChI is InChI=1S/C15H14Br2FNO/c1-9(19)15(10-3-2-4-11(16)7-10)20-14-6-5-12(17)8-13(14)18/h2-9,15H,19H2,1H3. The molecule has 2 aromatic carbocycles. The van der Waals surface area contributed by atoms with Crippen LogP contribution in [0.15, 0.2) is 51.4 Å². The van der Waals surface area contributed by atoms with Crippen molar-refractivity contribution in [1.29, 1.82) is 0 Å². The number of nitrogens with two attached hydrogens (primary N) is 1. The quantitative estimate of drug-likeness (QED) is 0.795. The van der Waals surface area contributed by atoms with Crippen molar-refractivity contribution in [1.82, 2.24) is 0 Å². The molecule has 0 aliphatic rings. The lowest BCUT2D eigenvalue weighted by atomic mass is 10.0. The molecule has 20 heavy (non-hydrogen) atoms. The van der Waals surface area contributed by atoms with Gasteiger partial charge in [0.25, 0.3) is 0 Å². The Morgan fingerprint density at radius 1 is 1.10 bits per heavy atom. The maximum atomic E-state index is 13.9. The van der Waals surface area contributed by atoms with Gasteiger partial charge >= 0.3 is 0 Å². The second kappa shape index (κ2) is 6.70. The van der Waals surface area contributed by atoms with E-state index in [-0.39, 0.29) is 11.8 Å². The molecule has 0 saturated carbocycles. The highest BCUT2D eigenvalue weighted by Crippen LogP contribution is 2.29. The third kappa shape index (κ3) is 3.81. The molecule has 0 amide bonds. The summed E-state index contributed by atoms with van der Waals surface area (Å²) in [7, 11) is 0. The zero-order valence-corrected chi connectivity index (χ0v) is 14.0. The van der Waals surface area contributed by atoms with Crippen LogP contribution in [0.4, 0.5) is 4.39 Å². The molecule has 2 atom stereocenters. The lowest BCUT2D eigenvalue weighted by Gasteiger charge is -2.23. The minimum Gasteiger partial charge on any atom is -0.481 e. The fraction of sp³-hybridized carbons (Fsp3) is 0.200. The zero-order chi connectivity index (χ0) is 14.7. The van der Waals surface area contributed by atoms with Crippen LogP contribution in [0.25, 0.3) is 0 Å². The molecular formula is C15H14Br2FNO. The van der Waals surface area contributed by atoms with Gasteiger partial charge in [0.05, 0.1) is 0 Å². The largest absolute Gasteiger partial charge is 0.481 e. The van der Waals surface area contributed by atoms with Gasteiger partial charge in [-0.05, 0) is 42.8 Å². The van der Waals surface area contributed by atoms with Crippen molar-refractivity contribution in [2.75, 3.05) is 0 Å². The summed E-state index contributed by atoms with van der Waals surface area (Å²) in [6.45, 7) is 1.84. The van der Waals surface area contributed by atoms with Crippen molar-refractivity contribution < 1.29 is 9.13 Å². The van der Waals surface area contributed by atoms with Crippen LogP contribution in [0.1, 0.15) is 18.6 Å². The molecule has 2 nitrogen and oxygen atoms in total. The van der Waals surface area contributed by atoms with Crippen molar-refractivity contribution >= 4 is 31.9 Å². The van der Waals surface area contributed by atoms with Crippen molar-refractivity contribution in [2.24, 2.45) is 5.73 Å². The summed E-state index contributed by atoms with van der Waals surface area (Å²) >= 11 is 6.63. The van der Waals surface area contributed by atoms with E-state index in [0.29, 0.717) is 4.47 Å². The van der Waals surface area contributed by atoms with E-state index in [2.05, 4.69) is 31.9 Å². The number of halogens is 3. The van der Waals surface area contributed by atoms with Crippen molar-refractivity contribution in [3.63, 3.8) is 0 Å². The summed E-state index contributed by atoms with van der Waals surface area (Å²) in [5.74, 6) is -0.226. The number of hydrogen-bond donors (Lipinski definition) is 1. The fourth-order valence-electron chi connectivity index (χ4n) is 1.87. The third-order valence-electron chi connectivity index (χ3n) is 2.80. The Labute approximate surface area is 134 Å². The van der Waals surface area contributed by atoms with Crippen LogP contribution in [0.5, 0.6) is 5.75 Å². The van der Waals surface area contributed by atoms with Crippen molar-refractivity contribution in [2.45, 2.75) is 19.1 Å². The SMILES string of the molecule is CC(N)C(Oc1ccc(Br)cc1F)c1cccc(Br)c1. The Balaban J connectivity index is 2.30. The van der Waals surface area contributed by atoms with Crippen LogP contribution in [-0.4, -0.2) is 6.04 Å². The molecule has 2 aromatic rings. The molecule has 0 spiro atoms. The first kappa shape index (κ1) is 15.5. The summed E-state index contributed by atoms with van der Waals surface area (Å²) in [6, 6.07) is 12.1. The van der Waals surface area contributed by atoms with Crippen molar-refractivity contribution in [3.8, 4) is 5.75 Å². The molecule has 0 aliphatic carbocycles. The lowest BCUT2D eigenvalue weighted by molar-refractivity contribution is 0.172. The number of rotatable bonds is 4. The van der Waals surface area contributed by atoms with Gasteiger partial charge in [-0.3, -0.25) is 0 Å². The lowest BCUT2D eigenvalue weighted by Crippen LogP contribution is -2.29. The van der Waals surface area contributed by atoms with Crippen LogP contribution in [-0.2, 0) is 0 Å². The Kier molecular flexibility index (Phi) is 5.18. The first-order valence-corrected chi connectivity index (χ1v) is 7.68. The van der Waals surface area contributed by atoms with Crippen LogP contribution in [0, 0.1) is 5.82 Å². The van der Waals surface area contributed by atoms with E-state index in [0.717, 1.165) is 10.0 Å².